The Bertz CT molecular complexity index is 1580. The van der Waals surface area contributed by atoms with Gasteiger partial charge >= 0.3 is 0 Å². The third kappa shape index (κ3) is 5.51. The van der Waals surface area contributed by atoms with Gasteiger partial charge in [-0.3, -0.25) is 14.5 Å². The van der Waals surface area contributed by atoms with Crippen LogP contribution in [0.4, 0.5) is 10.8 Å². The number of rotatable bonds is 6. The number of anilines is 2. The number of nitriles is 1. The van der Waals surface area contributed by atoms with Gasteiger partial charge in [-0.05, 0) is 48.7 Å². The van der Waals surface area contributed by atoms with Crippen molar-refractivity contribution in [3.05, 3.63) is 85.8 Å². The van der Waals surface area contributed by atoms with E-state index >= 15 is 0 Å². The van der Waals surface area contributed by atoms with Gasteiger partial charge < -0.3 is 11.1 Å². The molecule has 1 unspecified atom stereocenters. The molecule has 3 N–H and O–H groups in total. The molecule has 0 saturated heterocycles. The number of amides is 1. The Balaban J connectivity index is 1.44. The lowest BCUT2D eigenvalue weighted by atomic mass is 9.76. The smallest absolute Gasteiger partial charge is 0.234 e. The molecule has 39 heavy (non-hydrogen) atoms. The molecule has 1 aliphatic heterocycles. The molecule has 0 bridgehead atoms. The predicted molar refractivity (Wildman–Crippen MR) is 155 cm³/mol. The Labute approximate surface area is 247 Å². The number of carbonyl (C=O) groups excluding carboxylic acids is 2. The van der Waals surface area contributed by atoms with Crippen molar-refractivity contribution in [2.24, 2.45) is 5.73 Å². The Morgan fingerprint density at radius 2 is 1.95 bits per heavy atom. The van der Waals surface area contributed by atoms with Crippen molar-refractivity contribution in [3.63, 3.8) is 0 Å². The molecule has 0 spiro atoms. The third-order valence-corrected chi connectivity index (χ3v) is 9.37. The summed E-state index contributed by atoms with van der Waals surface area (Å²) in [5, 5.41) is 23.0. The highest BCUT2D eigenvalue weighted by Crippen LogP contribution is 2.49. The van der Waals surface area contributed by atoms with Crippen LogP contribution < -0.4 is 16.0 Å². The van der Waals surface area contributed by atoms with E-state index in [2.05, 4.69) is 21.6 Å². The van der Waals surface area contributed by atoms with Gasteiger partial charge in [0.05, 0.1) is 33.4 Å². The number of nitrogens with zero attached hydrogens (tertiary/aromatic N) is 4. The lowest BCUT2D eigenvalue weighted by Crippen LogP contribution is -2.38. The summed E-state index contributed by atoms with van der Waals surface area (Å²) in [5.41, 5.74) is 9.07. The number of aromatic nitrogens is 2. The Morgan fingerprint density at radius 1 is 1.18 bits per heavy atom. The van der Waals surface area contributed by atoms with Gasteiger partial charge in [0.15, 0.2) is 10.1 Å². The average Bonchev–Trinajstić information content (AvgIpc) is 3.38. The molecular formula is C26H19Cl3N6O2S2. The van der Waals surface area contributed by atoms with E-state index < -0.39 is 5.92 Å². The number of nitrogens with two attached hydrogens (primary N) is 1. The van der Waals surface area contributed by atoms with Gasteiger partial charge in [0.25, 0.3) is 0 Å². The molecule has 2 aromatic carbocycles. The van der Waals surface area contributed by atoms with Crippen molar-refractivity contribution in [1.29, 1.82) is 5.26 Å². The molecule has 2 aliphatic rings. The second-order valence-corrected chi connectivity index (χ2v) is 12.1. The van der Waals surface area contributed by atoms with Gasteiger partial charge in [-0.25, -0.2) is 0 Å². The van der Waals surface area contributed by atoms with Crippen LogP contribution in [0.5, 0.6) is 0 Å². The molecule has 0 saturated carbocycles. The van der Waals surface area contributed by atoms with Crippen LogP contribution in [-0.4, -0.2) is 27.6 Å². The molecule has 0 fully saturated rings. The number of Topliss-reactive ketones (excluding diaryl/α,β-unsaturated/α-hetero) is 1. The van der Waals surface area contributed by atoms with E-state index in [4.69, 9.17) is 40.5 Å². The van der Waals surface area contributed by atoms with Gasteiger partial charge in [0.1, 0.15) is 5.82 Å². The summed E-state index contributed by atoms with van der Waals surface area (Å²) < 4.78 is 0.534. The van der Waals surface area contributed by atoms with Crippen LogP contribution in [0.2, 0.25) is 15.1 Å². The Hall–Kier alpha value is -3.07. The minimum atomic E-state index is -0.737. The monoisotopic (exact) mass is 616 g/mol. The fourth-order valence-corrected chi connectivity index (χ4v) is 6.79. The van der Waals surface area contributed by atoms with E-state index in [1.54, 1.807) is 47.4 Å². The highest BCUT2D eigenvalue weighted by molar-refractivity contribution is 8.01. The molecule has 1 aliphatic carbocycles. The molecule has 198 valence electrons. The highest BCUT2D eigenvalue weighted by Gasteiger charge is 2.42. The lowest BCUT2D eigenvalue weighted by Gasteiger charge is -2.38. The van der Waals surface area contributed by atoms with Gasteiger partial charge in [0, 0.05) is 28.4 Å². The number of benzene rings is 2. The van der Waals surface area contributed by atoms with E-state index in [1.165, 1.54) is 23.1 Å². The average molecular weight is 618 g/mol. The summed E-state index contributed by atoms with van der Waals surface area (Å²) in [6.07, 6.45) is 1.53. The molecule has 13 heteroatoms. The number of carbonyl (C=O) groups is 2. The zero-order valence-electron chi connectivity index (χ0n) is 20.1. The number of nitrogens with one attached hydrogen (secondary N) is 1. The summed E-state index contributed by atoms with van der Waals surface area (Å²) in [5.74, 6) is -0.778. The zero-order valence-corrected chi connectivity index (χ0v) is 24.0. The van der Waals surface area contributed by atoms with Crippen LogP contribution in [0.3, 0.4) is 0 Å². The maximum Gasteiger partial charge on any atom is 0.234 e. The van der Waals surface area contributed by atoms with Gasteiger partial charge in [0.2, 0.25) is 11.0 Å². The van der Waals surface area contributed by atoms with Crippen molar-refractivity contribution >= 4 is 80.4 Å². The number of hydrogen-bond acceptors (Lipinski definition) is 9. The van der Waals surface area contributed by atoms with Gasteiger partial charge in [-0.2, -0.15) is 5.26 Å². The Kier molecular flexibility index (Phi) is 8.16. The van der Waals surface area contributed by atoms with Crippen LogP contribution in [0.25, 0.3) is 0 Å². The summed E-state index contributed by atoms with van der Waals surface area (Å²) in [6.45, 7) is 0. The van der Waals surface area contributed by atoms with Crippen LogP contribution in [0.1, 0.15) is 30.7 Å². The minimum absolute atomic E-state index is 0.0828. The van der Waals surface area contributed by atoms with Crippen LogP contribution in [-0.2, 0) is 9.59 Å². The predicted octanol–water partition coefficient (Wildman–Crippen LogP) is 6.53. The third-order valence-electron chi connectivity index (χ3n) is 6.25. The fourth-order valence-electron chi connectivity index (χ4n) is 4.57. The maximum absolute atomic E-state index is 13.3. The molecule has 1 atom stereocenters. The fraction of sp³-hybridized carbons (Fsp3) is 0.192. The molecular weight excluding hydrogens is 599 g/mol. The Morgan fingerprint density at radius 3 is 2.69 bits per heavy atom. The summed E-state index contributed by atoms with van der Waals surface area (Å²) in [4.78, 5) is 27.3. The number of allylic oxidation sites excluding steroid dienone is 3. The standard InChI is InChI=1S/C26H19Cl3N6O2S2/c27-13-7-9-14(10-8-13)32-20(37)12-38-26-34-33-25(39-26)35-18-5-2-6-19(36)22(18)21(16(11-30)24(35)31)15-3-1-4-17(28)23(15)29/h1,3-4,7-10,21H,2,5-6,12,31H2,(H,32,37). The van der Waals surface area contributed by atoms with Crippen molar-refractivity contribution < 1.29 is 9.59 Å². The first-order valence-corrected chi connectivity index (χ1v) is 14.6. The number of halogens is 3. The van der Waals surface area contributed by atoms with Crippen molar-refractivity contribution in [2.45, 2.75) is 29.5 Å². The van der Waals surface area contributed by atoms with Gasteiger partial charge in [-0.15, -0.1) is 10.2 Å². The number of hydrogen-bond donors (Lipinski definition) is 2. The first kappa shape index (κ1) is 27.5. The van der Waals surface area contributed by atoms with Crippen LogP contribution in [0.15, 0.2) is 69.5 Å². The summed E-state index contributed by atoms with van der Waals surface area (Å²) in [6, 6.07) is 14.1. The summed E-state index contributed by atoms with van der Waals surface area (Å²) >= 11 is 21.1. The molecule has 1 aromatic heterocycles. The first-order valence-electron chi connectivity index (χ1n) is 11.7. The second-order valence-electron chi connectivity index (χ2n) is 8.65. The van der Waals surface area contributed by atoms with E-state index in [-0.39, 0.29) is 33.9 Å². The molecule has 8 nitrogen and oxygen atoms in total. The van der Waals surface area contributed by atoms with Crippen LogP contribution >= 0.6 is 57.9 Å². The van der Waals surface area contributed by atoms with Crippen molar-refractivity contribution in [3.8, 4) is 6.07 Å². The highest BCUT2D eigenvalue weighted by atomic mass is 35.5. The zero-order chi connectivity index (χ0) is 27.7. The van der Waals surface area contributed by atoms with E-state index in [1.807, 2.05) is 0 Å². The number of ketones is 1. The maximum atomic E-state index is 13.3. The van der Waals surface area contributed by atoms with Crippen molar-refractivity contribution in [1.82, 2.24) is 10.2 Å². The first-order chi connectivity index (χ1) is 18.8. The molecule has 5 rings (SSSR count). The summed E-state index contributed by atoms with van der Waals surface area (Å²) in [7, 11) is 0. The number of thioether (sulfide) groups is 1. The van der Waals surface area contributed by atoms with E-state index in [0.29, 0.717) is 61.3 Å². The molecule has 0 radical (unpaired) electrons. The van der Waals surface area contributed by atoms with E-state index in [0.717, 1.165) is 0 Å². The molecule has 2 heterocycles. The second kappa shape index (κ2) is 11.6. The normalized spacial score (nSPS) is 17.2. The SMILES string of the molecule is N#CC1=C(N)N(c2nnc(SCC(=O)Nc3ccc(Cl)cc3)s2)C2=C(C(=O)CCC2)C1c1cccc(Cl)c1Cl. The van der Waals surface area contributed by atoms with Crippen molar-refractivity contribution in [2.75, 3.05) is 16.0 Å². The largest absolute Gasteiger partial charge is 0.384 e. The topological polar surface area (TPSA) is 125 Å². The quantitative estimate of drug-likeness (QED) is 0.299. The molecule has 1 amide bonds. The lowest BCUT2D eigenvalue weighted by molar-refractivity contribution is -0.116. The van der Waals surface area contributed by atoms with Crippen LogP contribution in [0, 0.1) is 11.3 Å². The molecule has 3 aromatic rings. The van der Waals surface area contributed by atoms with E-state index in [9.17, 15) is 14.9 Å². The minimum Gasteiger partial charge on any atom is -0.384 e. The van der Waals surface area contributed by atoms with Gasteiger partial charge in [-0.1, -0.05) is 70.0 Å².